The molecular weight excluding hydrogens is 498 g/mol. The Balaban J connectivity index is 1.28. The van der Waals surface area contributed by atoms with Crippen LogP contribution in [0.3, 0.4) is 0 Å². The Morgan fingerprint density at radius 3 is 2.62 bits per heavy atom. The molecule has 39 heavy (non-hydrogen) atoms. The topological polar surface area (TPSA) is 130 Å². The van der Waals surface area contributed by atoms with Crippen molar-refractivity contribution in [2.75, 3.05) is 27.2 Å². The van der Waals surface area contributed by atoms with Crippen molar-refractivity contribution in [2.45, 2.75) is 31.6 Å². The lowest BCUT2D eigenvalue weighted by Crippen LogP contribution is -2.51. The van der Waals surface area contributed by atoms with Crippen molar-refractivity contribution in [3.05, 3.63) is 82.5 Å². The quantitative estimate of drug-likeness (QED) is 0.408. The summed E-state index contributed by atoms with van der Waals surface area (Å²) in [5.74, 6) is 0.652. The van der Waals surface area contributed by atoms with Crippen LogP contribution in [0, 0.1) is 11.3 Å². The number of amides is 2. The molecule has 1 N–H and O–H groups in total. The first-order valence-corrected chi connectivity index (χ1v) is 12.6. The molecule has 1 aliphatic rings. The summed E-state index contributed by atoms with van der Waals surface area (Å²) in [7, 11) is 3.40. The first-order valence-electron chi connectivity index (χ1n) is 12.6. The van der Waals surface area contributed by atoms with Crippen molar-refractivity contribution in [3.63, 3.8) is 0 Å². The predicted molar refractivity (Wildman–Crippen MR) is 143 cm³/mol. The Morgan fingerprint density at radius 2 is 1.92 bits per heavy atom. The minimum absolute atomic E-state index is 0.0882. The SMILES string of the molecule is CN(C)C(=O)N1CCC(O)(Cn2cnc3c(cnn3-c3ccc(OCc4cccc(C#N)c4)cc3)c2=O)CC1. The van der Waals surface area contributed by atoms with Crippen molar-refractivity contribution in [3.8, 4) is 17.5 Å². The van der Waals surface area contributed by atoms with Crippen LogP contribution in [0.25, 0.3) is 16.7 Å². The van der Waals surface area contributed by atoms with Crippen LogP contribution in [0.4, 0.5) is 4.79 Å². The number of fused-ring (bicyclic) bond motifs is 1. The summed E-state index contributed by atoms with van der Waals surface area (Å²) < 4.78 is 8.84. The van der Waals surface area contributed by atoms with Gasteiger partial charge in [-0.3, -0.25) is 9.36 Å². The van der Waals surface area contributed by atoms with E-state index in [9.17, 15) is 14.7 Å². The van der Waals surface area contributed by atoms with Gasteiger partial charge in [0.05, 0.1) is 35.7 Å². The summed E-state index contributed by atoms with van der Waals surface area (Å²) in [6, 6.07) is 16.6. The third kappa shape index (κ3) is 5.46. The van der Waals surface area contributed by atoms with Crippen molar-refractivity contribution < 1.29 is 14.6 Å². The summed E-state index contributed by atoms with van der Waals surface area (Å²) >= 11 is 0. The molecule has 4 aromatic rings. The van der Waals surface area contributed by atoms with Crippen LogP contribution in [0.1, 0.15) is 24.0 Å². The molecule has 11 heteroatoms. The van der Waals surface area contributed by atoms with Crippen molar-refractivity contribution in [2.24, 2.45) is 0 Å². The Morgan fingerprint density at radius 1 is 1.18 bits per heavy atom. The number of aliphatic hydroxyl groups is 1. The number of piperidine rings is 1. The molecule has 0 bridgehead atoms. The number of nitriles is 1. The summed E-state index contributed by atoms with van der Waals surface area (Å²) in [6.45, 7) is 1.26. The van der Waals surface area contributed by atoms with Gasteiger partial charge in [0.25, 0.3) is 5.56 Å². The Kier molecular flexibility index (Phi) is 7.04. The van der Waals surface area contributed by atoms with E-state index >= 15 is 0 Å². The molecule has 200 valence electrons. The van der Waals surface area contributed by atoms with E-state index in [-0.39, 0.29) is 18.1 Å². The summed E-state index contributed by atoms with van der Waals surface area (Å²) in [4.78, 5) is 33.1. The van der Waals surface area contributed by atoms with Gasteiger partial charge < -0.3 is 19.6 Å². The van der Waals surface area contributed by atoms with E-state index in [2.05, 4.69) is 16.2 Å². The molecule has 0 spiro atoms. The highest BCUT2D eigenvalue weighted by Gasteiger charge is 2.35. The number of ether oxygens (including phenoxy) is 1. The average molecular weight is 528 g/mol. The largest absolute Gasteiger partial charge is 0.489 e. The summed E-state index contributed by atoms with van der Waals surface area (Å²) in [6.07, 6.45) is 3.66. The maximum Gasteiger partial charge on any atom is 0.319 e. The molecule has 5 rings (SSSR count). The van der Waals surface area contributed by atoms with Gasteiger partial charge in [-0.25, -0.2) is 14.5 Å². The highest BCUT2D eigenvalue weighted by molar-refractivity contribution is 5.75. The molecule has 1 aliphatic heterocycles. The van der Waals surface area contributed by atoms with Crippen molar-refractivity contribution in [1.29, 1.82) is 5.26 Å². The molecule has 11 nitrogen and oxygen atoms in total. The van der Waals surface area contributed by atoms with Crippen LogP contribution in [-0.2, 0) is 13.2 Å². The van der Waals surface area contributed by atoms with Gasteiger partial charge in [-0.15, -0.1) is 0 Å². The first-order chi connectivity index (χ1) is 18.8. The summed E-state index contributed by atoms with van der Waals surface area (Å²) in [5, 5.41) is 24.9. The molecule has 2 aromatic carbocycles. The fraction of sp³-hybridized carbons (Fsp3) is 0.321. The number of nitrogens with zero attached hydrogens (tertiary/aromatic N) is 7. The second kappa shape index (κ2) is 10.6. The maximum absolute atomic E-state index is 13.2. The number of rotatable bonds is 6. The van der Waals surface area contributed by atoms with E-state index < -0.39 is 5.60 Å². The van der Waals surface area contributed by atoms with Gasteiger partial charge in [0, 0.05) is 27.2 Å². The molecule has 2 aromatic heterocycles. The van der Waals surface area contributed by atoms with E-state index in [1.54, 1.807) is 47.9 Å². The lowest BCUT2D eigenvalue weighted by molar-refractivity contribution is -0.0282. The van der Waals surface area contributed by atoms with E-state index in [0.29, 0.717) is 60.6 Å². The third-order valence-electron chi connectivity index (χ3n) is 6.91. The smallest absolute Gasteiger partial charge is 0.319 e. The fourth-order valence-electron chi connectivity index (χ4n) is 4.70. The Bertz CT molecular complexity index is 1590. The lowest BCUT2D eigenvalue weighted by Gasteiger charge is -2.39. The molecule has 1 fully saturated rings. The lowest BCUT2D eigenvalue weighted by atomic mass is 9.91. The van der Waals surface area contributed by atoms with Crippen molar-refractivity contribution in [1.82, 2.24) is 29.1 Å². The van der Waals surface area contributed by atoms with Crippen LogP contribution in [0.2, 0.25) is 0 Å². The number of likely N-dealkylation sites (tertiary alicyclic amines) is 1. The molecule has 2 amide bonds. The van der Waals surface area contributed by atoms with E-state index in [1.165, 1.54) is 22.0 Å². The second-order valence-electron chi connectivity index (χ2n) is 9.95. The first kappa shape index (κ1) is 25.9. The fourth-order valence-corrected chi connectivity index (χ4v) is 4.70. The molecular formula is C28H29N7O4. The number of benzene rings is 2. The van der Waals surface area contributed by atoms with Gasteiger partial charge in [-0.2, -0.15) is 10.4 Å². The van der Waals surface area contributed by atoms with Gasteiger partial charge in [-0.05, 0) is 54.8 Å². The van der Waals surface area contributed by atoms with Gasteiger partial charge in [-0.1, -0.05) is 12.1 Å². The molecule has 0 atom stereocenters. The minimum atomic E-state index is -1.11. The molecule has 3 heterocycles. The second-order valence-corrected chi connectivity index (χ2v) is 9.95. The zero-order valence-electron chi connectivity index (χ0n) is 21.8. The van der Waals surface area contributed by atoms with Crippen molar-refractivity contribution >= 4 is 17.1 Å². The number of hydrogen-bond acceptors (Lipinski definition) is 7. The zero-order valence-corrected chi connectivity index (χ0v) is 21.8. The number of carbonyl (C=O) groups is 1. The minimum Gasteiger partial charge on any atom is -0.489 e. The van der Waals surface area contributed by atoms with Crippen LogP contribution in [0.5, 0.6) is 5.75 Å². The average Bonchev–Trinajstić information content (AvgIpc) is 3.39. The van der Waals surface area contributed by atoms with Crippen LogP contribution in [0.15, 0.2) is 65.8 Å². The number of urea groups is 1. The van der Waals surface area contributed by atoms with Gasteiger partial charge in [0.2, 0.25) is 0 Å². The maximum atomic E-state index is 13.2. The van der Waals surface area contributed by atoms with E-state index in [0.717, 1.165) is 5.56 Å². The molecule has 1 saturated heterocycles. The highest BCUT2D eigenvalue weighted by atomic mass is 16.5. The van der Waals surface area contributed by atoms with Crippen LogP contribution in [-0.4, -0.2) is 73.1 Å². The molecule has 0 unspecified atom stereocenters. The third-order valence-corrected chi connectivity index (χ3v) is 6.91. The highest BCUT2D eigenvalue weighted by Crippen LogP contribution is 2.25. The van der Waals surface area contributed by atoms with Crippen LogP contribution < -0.4 is 10.3 Å². The Hall–Kier alpha value is -4.69. The number of aromatic nitrogens is 4. The van der Waals surface area contributed by atoms with E-state index in [1.807, 2.05) is 24.3 Å². The van der Waals surface area contributed by atoms with Gasteiger partial charge >= 0.3 is 6.03 Å². The predicted octanol–water partition coefficient (Wildman–Crippen LogP) is 2.54. The zero-order chi connectivity index (χ0) is 27.6. The number of hydrogen-bond donors (Lipinski definition) is 1. The van der Waals surface area contributed by atoms with Gasteiger partial charge in [0.15, 0.2) is 5.65 Å². The normalized spacial score (nSPS) is 14.7. The molecule has 0 saturated carbocycles. The Labute approximate surface area is 225 Å². The van der Waals surface area contributed by atoms with E-state index in [4.69, 9.17) is 10.00 Å². The van der Waals surface area contributed by atoms with Gasteiger partial charge in [0.1, 0.15) is 24.1 Å². The molecule has 0 radical (unpaired) electrons. The molecule has 0 aliphatic carbocycles. The summed E-state index contributed by atoms with van der Waals surface area (Å²) in [5.41, 5.74) is 1.21. The number of carbonyl (C=O) groups excluding carboxylic acids is 1. The standard InChI is InChI=1S/C28H29N7O4/c1-32(2)27(37)33-12-10-28(38,11-13-33)18-34-19-30-25-24(26(34)36)16-31-35(25)22-6-8-23(9-7-22)39-17-21-5-3-4-20(14-21)15-29/h3-9,14,16,19,38H,10-13,17-18H2,1-2H3. The monoisotopic (exact) mass is 527 g/mol. The van der Waals surface area contributed by atoms with Crippen LogP contribution >= 0.6 is 0 Å².